The quantitative estimate of drug-likeness (QED) is 0.352. The third kappa shape index (κ3) is 3.78. The van der Waals surface area contributed by atoms with Crippen molar-refractivity contribution >= 4 is 5.71 Å². The van der Waals surface area contributed by atoms with Crippen LogP contribution in [0.25, 0.3) is 0 Å². The molecule has 6 heteroatoms. The van der Waals surface area contributed by atoms with Crippen molar-refractivity contribution in [3.63, 3.8) is 0 Å². The van der Waals surface area contributed by atoms with Gasteiger partial charge >= 0.3 is 0 Å². The molecule has 1 N–H and O–H groups in total. The van der Waals surface area contributed by atoms with Crippen LogP contribution in [-0.2, 0) is 0 Å². The van der Waals surface area contributed by atoms with Crippen molar-refractivity contribution in [1.29, 1.82) is 21.0 Å². The highest BCUT2D eigenvalue weighted by Gasteiger charge is 1.91. The molecule has 0 saturated heterocycles. The predicted molar refractivity (Wildman–Crippen MR) is 41.1 cm³/mol. The van der Waals surface area contributed by atoms with Crippen LogP contribution < -0.4 is 5.43 Å². The maximum atomic E-state index is 8.25. The monoisotopic (exact) mass is 170 g/mol. The van der Waals surface area contributed by atoms with Crippen LogP contribution in [0.3, 0.4) is 0 Å². The number of hydrazone groups is 1. The first-order valence-corrected chi connectivity index (χ1v) is 2.92. The van der Waals surface area contributed by atoms with E-state index in [1.165, 1.54) is 12.1 Å². The van der Waals surface area contributed by atoms with E-state index in [0.717, 1.165) is 6.20 Å². The second-order valence-electron chi connectivity index (χ2n) is 1.59. The molecule has 0 rings (SSSR count). The average molecular weight is 170 g/mol. The van der Waals surface area contributed by atoms with Crippen molar-refractivity contribution < 1.29 is 0 Å². The van der Waals surface area contributed by atoms with Crippen LogP contribution >= 0.6 is 0 Å². The normalized spacial score (nSPS) is 6.15. The van der Waals surface area contributed by atoms with Gasteiger partial charge in [0, 0.05) is 6.20 Å². The Morgan fingerprint density at radius 2 is 1.54 bits per heavy atom. The van der Waals surface area contributed by atoms with E-state index >= 15 is 0 Å². The first-order valence-electron chi connectivity index (χ1n) is 2.92. The Morgan fingerprint density at radius 3 is 1.92 bits per heavy atom. The van der Waals surface area contributed by atoms with Crippen molar-refractivity contribution in [1.82, 2.24) is 5.43 Å². The topological polar surface area (TPSA) is 120 Å². The Balaban J connectivity index is 4.41. The van der Waals surface area contributed by atoms with E-state index in [1.54, 1.807) is 12.1 Å². The Bertz CT molecular complexity index is 330. The maximum Gasteiger partial charge on any atom is 0.237 e. The number of nitrogens with one attached hydrogen (secondary N) is 1. The standard InChI is InChI=1S/C7H2N6/c8-1-6(2-9)5-12-13-7(3-10)4-11/h5,12H. The lowest BCUT2D eigenvalue weighted by atomic mass is 10.4. The van der Waals surface area contributed by atoms with Crippen LogP contribution in [0.15, 0.2) is 16.9 Å². The summed E-state index contributed by atoms with van der Waals surface area (Å²) in [5.74, 6) is 0. The fourth-order valence-electron chi connectivity index (χ4n) is 0.326. The van der Waals surface area contributed by atoms with Gasteiger partial charge in [-0.05, 0) is 0 Å². The number of allylic oxidation sites excluding steroid dienone is 1. The molecule has 0 radical (unpaired) electrons. The summed E-state index contributed by atoms with van der Waals surface area (Å²) < 4.78 is 0. The van der Waals surface area contributed by atoms with Gasteiger partial charge in [0.05, 0.1) is 0 Å². The van der Waals surface area contributed by atoms with Crippen molar-refractivity contribution in [2.45, 2.75) is 0 Å². The van der Waals surface area contributed by atoms with E-state index in [9.17, 15) is 0 Å². The molecule has 0 saturated carbocycles. The summed E-state index contributed by atoms with van der Waals surface area (Å²) in [5.41, 5.74) is 1.55. The molecule has 0 atom stereocenters. The third-order valence-corrected chi connectivity index (χ3v) is 0.838. The van der Waals surface area contributed by atoms with E-state index in [1.807, 2.05) is 0 Å². The summed E-state index contributed by atoms with van der Waals surface area (Å²) in [6.07, 6.45) is 0.995. The Kier molecular flexibility index (Phi) is 4.63. The molecule has 0 fully saturated rings. The third-order valence-electron chi connectivity index (χ3n) is 0.838. The predicted octanol–water partition coefficient (Wildman–Crippen LogP) is -0.0898. The zero-order chi connectivity index (χ0) is 10.1. The number of hydrogen-bond acceptors (Lipinski definition) is 6. The molecule has 0 aromatic carbocycles. The van der Waals surface area contributed by atoms with Crippen LogP contribution in [0, 0.1) is 45.3 Å². The lowest BCUT2D eigenvalue weighted by Crippen LogP contribution is -2.01. The summed E-state index contributed by atoms with van der Waals surface area (Å²) in [7, 11) is 0. The van der Waals surface area contributed by atoms with Crippen molar-refractivity contribution in [3.05, 3.63) is 11.8 Å². The van der Waals surface area contributed by atoms with E-state index < -0.39 is 0 Å². The lowest BCUT2D eigenvalue weighted by Gasteiger charge is -1.86. The number of nitriles is 4. The minimum atomic E-state index is -0.383. The summed E-state index contributed by atoms with van der Waals surface area (Å²) in [5, 5.41) is 36.2. The molecule has 0 aromatic heterocycles. The maximum absolute atomic E-state index is 8.25. The molecule has 0 bridgehead atoms. The fourth-order valence-corrected chi connectivity index (χ4v) is 0.326. The molecule has 0 aromatic rings. The fraction of sp³-hybridized carbons (Fsp3) is 0. The van der Waals surface area contributed by atoms with Crippen LogP contribution in [0.4, 0.5) is 0 Å². The lowest BCUT2D eigenvalue weighted by molar-refractivity contribution is 0.966. The molecule has 0 aliphatic rings. The van der Waals surface area contributed by atoms with Gasteiger partial charge in [0.15, 0.2) is 0 Å². The second kappa shape index (κ2) is 5.92. The largest absolute Gasteiger partial charge is 0.282 e. The zero-order valence-electron chi connectivity index (χ0n) is 6.31. The summed E-state index contributed by atoms with van der Waals surface area (Å²) >= 11 is 0. The average Bonchev–Trinajstić information content (AvgIpc) is 2.19. The van der Waals surface area contributed by atoms with Gasteiger partial charge < -0.3 is 0 Å². The first-order chi connectivity index (χ1) is 6.28. The number of hydrogen-bond donors (Lipinski definition) is 1. The van der Waals surface area contributed by atoms with Gasteiger partial charge in [-0.3, -0.25) is 5.43 Å². The van der Waals surface area contributed by atoms with Gasteiger partial charge in [0.1, 0.15) is 29.8 Å². The van der Waals surface area contributed by atoms with E-state index in [-0.39, 0.29) is 11.3 Å². The Labute approximate surface area is 74.2 Å². The smallest absolute Gasteiger partial charge is 0.237 e. The van der Waals surface area contributed by atoms with Crippen LogP contribution in [0.1, 0.15) is 0 Å². The minimum Gasteiger partial charge on any atom is -0.282 e. The molecular weight excluding hydrogens is 168 g/mol. The van der Waals surface area contributed by atoms with Crippen LogP contribution in [0.2, 0.25) is 0 Å². The molecule has 0 aliphatic carbocycles. The molecule has 0 heterocycles. The molecule has 6 nitrogen and oxygen atoms in total. The molecule has 0 aliphatic heterocycles. The first kappa shape index (κ1) is 10.2. The van der Waals surface area contributed by atoms with Gasteiger partial charge in [-0.1, -0.05) is 0 Å². The summed E-state index contributed by atoms with van der Waals surface area (Å²) in [6.45, 7) is 0. The van der Waals surface area contributed by atoms with Crippen LogP contribution in [-0.4, -0.2) is 5.71 Å². The van der Waals surface area contributed by atoms with E-state index in [2.05, 4.69) is 10.5 Å². The van der Waals surface area contributed by atoms with Gasteiger partial charge in [0.25, 0.3) is 0 Å². The van der Waals surface area contributed by atoms with Gasteiger partial charge in [0.2, 0.25) is 5.71 Å². The molecule has 0 amide bonds. The van der Waals surface area contributed by atoms with Crippen molar-refractivity contribution in [2.24, 2.45) is 5.10 Å². The summed E-state index contributed by atoms with van der Waals surface area (Å²) in [4.78, 5) is 0. The highest BCUT2D eigenvalue weighted by atomic mass is 15.3. The van der Waals surface area contributed by atoms with E-state index in [0.29, 0.717) is 0 Å². The minimum absolute atomic E-state index is 0.195. The van der Waals surface area contributed by atoms with Gasteiger partial charge in [-0.15, -0.1) is 0 Å². The molecule has 0 unspecified atom stereocenters. The van der Waals surface area contributed by atoms with Crippen LogP contribution in [0.5, 0.6) is 0 Å². The molecule has 0 spiro atoms. The van der Waals surface area contributed by atoms with Crippen molar-refractivity contribution in [3.8, 4) is 24.3 Å². The van der Waals surface area contributed by atoms with Gasteiger partial charge in [-0.25, -0.2) is 0 Å². The zero-order valence-corrected chi connectivity index (χ0v) is 6.31. The highest BCUT2D eigenvalue weighted by Crippen LogP contribution is 1.84. The Morgan fingerprint density at radius 1 is 1.00 bits per heavy atom. The number of nitrogens with zero attached hydrogens (tertiary/aromatic N) is 5. The second-order valence-corrected chi connectivity index (χ2v) is 1.59. The highest BCUT2D eigenvalue weighted by molar-refractivity contribution is 6.10. The molecule has 60 valence electrons. The Hall–Kier alpha value is -2.83. The van der Waals surface area contributed by atoms with Crippen molar-refractivity contribution in [2.75, 3.05) is 0 Å². The molecule has 13 heavy (non-hydrogen) atoms. The SMILES string of the molecule is N#CC(C#N)=CNN=C(C#N)C#N. The van der Waals surface area contributed by atoms with E-state index in [4.69, 9.17) is 21.0 Å². The number of rotatable bonds is 2. The molecular formula is C7H2N6. The summed E-state index contributed by atoms with van der Waals surface area (Å²) in [6, 6.07) is 6.11. The van der Waals surface area contributed by atoms with Gasteiger partial charge in [-0.2, -0.15) is 26.1 Å².